The Balaban J connectivity index is 1.82. The van der Waals surface area contributed by atoms with Gasteiger partial charge in [-0.15, -0.1) is 0 Å². The number of amides is 3. The lowest BCUT2D eigenvalue weighted by atomic mass is 9.85. The van der Waals surface area contributed by atoms with Gasteiger partial charge in [0, 0.05) is 38.5 Å². The van der Waals surface area contributed by atoms with Crippen LogP contribution in [0.1, 0.15) is 25.3 Å². The van der Waals surface area contributed by atoms with E-state index in [1.807, 2.05) is 47.0 Å². The summed E-state index contributed by atoms with van der Waals surface area (Å²) in [7, 11) is 1.59. The van der Waals surface area contributed by atoms with Crippen molar-refractivity contribution in [2.24, 2.45) is 0 Å². The van der Waals surface area contributed by atoms with E-state index in [1.165, 1.54) is 4.90 Å². The van der Waals surface area contributed by atoms with Gasteiger partial charge >= 0.3 is 6.03 Å². The van der Waals surface area contributed by atoms with Gasteiger partial charge in [-0.2, -0.15) is 11.8 Å². The minimum atomic E-state index is -0.726. The summed E-state index contributed by atoms with van der Waals surface area (Å²) in [4.78, 5) is 32.2. The summed E-state index contributed by atoms with van der Waals surface area (Å²) in [6, 6.07) is 10.2. The van der Waals surface area contributed by atoms with Crippen molar-refractivity contribution in [1.29, 1.82) is 0 Å². The number of imide groups is 1. The number of thioether (sulfide) groups is 1. The van der Waals surface area contributed by atoms with Crippen molar-refractivity contribution in [2.45, 2.75) is 37.9 Å². The number of hydrogen-bond donors (Lipinski definition) is 0. The summed E-state index contributed by atoms with van der Waals surface area (Å²) >= 11 is 1.84. The number of carbonyl (C=O) groups excluding carboxylic acids is 2. The van der Waals surface area contributed by atoms with Gasteiger partial charge in [0.25, 0.3) is 5.91 Å². The molecule has 1 aromatic rings. The quantitative estimate of drug-likeness (QED) is 0.623. The van der Waals surface area contributed by atoms with Gasteiger partial charge in [-0.1, -0.05) is 30.3 Å². The summed E-state index contributed by atoms with van der Waals surface area (Å²) in [6.45, 7) is 5.06. The molecule has 0 saturated carbocycles. The second-order valence-corrected chi connectivity index (χ2v) is 8.59. The molecule has 28 heavy (non-hydrogen) atoms. The van der Waals surface area contributed by atoms with Gasteiger partial charge in [-0.25, -0.2) is 4.79 Å². The molecule has 0 radical (unpaired) electrons. The molecule has 2 aliphatic rings. The molecule has 2 aliphatic heterocycles. The molecule has 6 nitrogen and oxygen atoms in total. The number of piperidine rings is 1. The maximum absolute atomic E-state index is 13.4. The van der Waals surface area contributed by atoms with Crippen LogP contribution in [0.25, 0.3) is 0 Å². The lowest BCUT2D eigenvalue weighted by molar-refractivity contribution is -0.136. The van der Waals surface area contributed by atoms with Crippen LogP contribution in [0.3, 0.4) is 0 Å². The number of carbonyl (C=O) groups is 2. The molecule has 1 aromatic carbocycles. The average Bonchev–Trinajstić information content (AvgIpc) is 2.89. The first-order valence-electron chi connectivity index (χ1n) is 9.93. The van der Waals surface area contributed by atoms with E-state index in [2.05, 4.69) is 18.1 Å². The first-order chi connectivity index (χ1) is 13.5. The lowest BCUT2D eigenvalue weighted by Gasteiger charge is -2.44. The first-order valence-corrected chi connectivity index (χ1v) is 11.3. The predicted octanol–water partition coefficient (Wildman–Crippen LogP) is 2.68. The summed E-state index contributed by atoms with van der Waals surface area (Å²) in [5.41, 5.74) is 0.325. The molecule has 3 amide bonds. The summed E-state index contributed by atoms with van der Waals surface area (Å²) in [6.07, 6.45) is 3.50. The van der Waals surface area contributed by atoms with Gasteiger partial charge in [0.05, 0.1) is 13.2 Å². The molecule has 1 atom stereocenters. The molecule has 1 spiro atoms. The van der Waals surface area contributed by atoms with Crippen molar-refractivity contribution in [3.63, 3.8) is 0 Å². The summed E-state index contributed by atoms with van der Waals surface area (Å²) < 4.78 is 5.13. The van der Waals surface area contributed by atoms with Crippen LogP contribution in [0.2, 0.25) is 0 Å². The Morgan fingerprint density at radius 1 is 1.18 bits per heavy atom. The normalized spacial score (nSPS) is 21.0. The Morgan fingerprint density at radius 3 is 2.46 bits per heavy atom. The molecular formula is C21H31N3O3S. The van der Waals surface area contributed by atoms with Crippen molar-refractivity contribution in [3.05, 3.63) is 35.9 Å². The zero-order valence-corrected chi connectivity index (χ0v) is 17.9. The molecule has 3 rings (SSSR count). The van der Waals surface area contributed by atoms with E-state index in [9.17, 15) is 9.59 Å². The van der Waals surface area contributed by atoms with Crippen LogP contribution in [0, 0.1) is 0 Å². The molecule has 0 aliphatic carbocycles. The largest absolute Gasteiger partial charge is 0.383 e. The number of likely N-dealkylation sites (tertiary alicyclic amines) is 1. The van der Waals surface area contributed by atoms with Gasteiger partial charge in [0.2, 0.25) is 0 Å². The Morgan fingerprint density at radius 2 is 1.86 bits per heavy atom. The second-order valence-electron chi connectivity index (χ2n) is 7.68. The molecule has 2 heterocycles. The van der Waals surface area contributed by atoms with E-state index in [0.29, 0.717) is 38.6 Å². The van der Waals surface area contributed by atoms with Crippen LogP contribution < -0.4 is 0 Å². The molecule has 154 valence electrons. The number of methoxy groups -OCH3 is 1. The topological polar surface area (TPSA) is 53.1 Å². The predicted molar refractivity (Wildman–Crippen MR) is 112 cm³/mol. The highest BCUT2D eigenvalue weighted by atomic mass is 32.2. The molecule has 0 N–H and O–H groups in total. The highest BCUT2D eigenvalue weighted by Gasteiger charge is 2.57. The van der Waals surface area contributed by atoms with Crippen molar-refractivity contribution in [1.82, 2.24) is 14.7 Å². The van der Waals surface area contributed by atoms with Gasteiger partial charge < -0.3 is 9.64 Å². The van der Waals surface area contributed by atoms with Gasteiger partial charge in [0.1, 0.15) is 5.54 Å². The van der Waals surface area contributed by atoms with Crippen LogP contribution in [0.15, 0.2) is 30.3 Å². The van der Waals surface area contributed by atoms with E-state index in [1.54, 1.807) is 7.11 Å². The van der Waals surface area contributed by atoms with E-state index in [-0.39, 0.29) is 11.9 Å². The molecule has 7 heteroatoms. The fraction of sp³-hybridized carbons (Fsp3) is 0.619. The molecule has 2 saturated heterocycles. The number of hydrogen-bond acceptors (Lipinski definition) is 5. The van der Waals surface area contributed by atoms with Gasteiger partial charge in [-0.3, -0.25) is 14.6 Å². The Bertz CT molecular complexity index is 677. The van der Waals surface area contributed by atoms with E-state index < -0.39 is 5.54 Å². The highest BCUT2D eigenvalue weighted by molar-refractivity contribution is 7.98. The fourth-order valence-corrected chi connectivity index (χ4v) is 5.01. The zero-order valence-electron chi connectivity index (χ0n) is 17.1. The van der Waals surface area contributed by atoms with Crippen molar-refractivity contribution < 1.29 is 14.3 Å². The SMILES string of the molecule is COCCN1C(=O)N(Cc2ccccc2)C2(CCN([C@H](C)CSC)CC2)C1=O. The van der Waals surface area contributed by atoms with Gasteiger partial charge in [0.15, 0.2) is 0 Å². The standard InChI is InChI=1S/C21H31N3O3S/c1-17(16-28-3)22-11-9-21(10-12-22)19(25)23(13-14-27-2)20(26)24(21)15-18-7-5-4-6-8-18/h4-8,17H,9-16H2,1-3H3/t17-/m1/s1. The number of urea groups is 1. The van der Waals surface area contributed by atoms with E-state index >= 15 is 0 Å². The van der Waals surface area contributed by atoms with E-state index in [0.717, 1.165) is 24.4 Å². The maximum Gasteiger partial charge on any atom is 0.328 e. The molecule has 0 bridgehead atoms. The van der Waals surface area contributed by atoms with Gasteiger partial charge in [-0.05, 0) is 31.6 Å². The summed E-state index contributed by atoms with van der Waals surface area (Å²) in [5, 5.41) is 0. The second kappa shape index (κ2) is 9.29. The average molecular weight is 406 g/mol. The minimum Gasteiger partial charge on any atom is -0.383 e. The number of benzene rings is 1. The van der Waals surface area contributed by atoms with Crippen LogP contribution in [-0.2, 0) is 16.1 Å². The Kier molecular flexibility index (Phi) is 7.01. The maximum atomic E-state index is 13.4. The van der Waals surface area contributed by atoms with Crippen LogP contribution in [0.4, 0.5) is 4.79 Å². The molecule has 2 fully saturated rings. The molecule has 0 aromatic heterocycles. The Labute approximate surface area is 172 Å². The molecule has 0 unspecified atom stereocenters. The lowest BCUT2D eigenvalue weighted by Crippen LogP contribution is -2.57. The number of rotatable bonds is 8. The third-order valence-electron chi connectivity index (χ3n) is 5.98. The fourth-order valence-electron chi connectivity index (χ4n) is 4.31. The van der Waals surface area contributed by atoms with Crippen LogP contribution >= 0.6 is 11.8 Å². The minimum absolute atomic E-state index is 0.0531. The van der Waals surface area contributed by atoms with Crippen molar-refractivity contribution >= 4 is 23.7 Å². The van der Waals surface area contributed by atoms with Crippen molar-refractivity contribution in [2.75, 3.05) is 45.4 Å². The summed E-state index contributed by atoms with van der Waals surface area (Å²) in [5.74, 6) is 1.02. The first kappa shape index (κ1) is 21.1. The van der Waals surface area contributed by atoms with E-state index in [4.69, 9.17) is 4.74 Å². The number of nitrogens with zero attached hydrogens (tertiary/aromatic N) is 3. The molecular weight excluding hydrogens is 374 g/mol. The number of ether oxygens (including phenoxy) is 1. The Hall–Kier alpha value is -1.57. The highest BCUT2D eigenvalue weighted by Crippen LogP contribution is 2.38. The zero-order chi connectivity index (χ0) is 20.1. The van der Waals surface area contributed by atoms with Crippen LogP contribution in [-0.4, -0.2) is 83.6 Å². The monoisotopic (exact) mass is 405 g/mol. The van der Waals surface area contributed by atoms with Crippen molar-refractivity contribution in [3.8, 4) is 0 Å². The smallest absolute Gasteiger partial charge is 0.328 e. The third kappa shape index (κ3) is 4.07. The van der Waals surface area contributed by atoms with Crippen LogP contribution in [0.5, 0.6) is 0 Å². The third-order valence-corrected chi connectivity index (χ3v) is 6.80.